The molecule has 0 amide bonds. The molecule has 2 aromatic carbocycles. The first-order valence-electron chi connectivity index (χ1n) is 6.24. The van der Waals surface area contributed by atoms with Crippen LogP contribution in [0.15, 0.2) is 57.4 Å². The van der Waals surface area contributed by atoms with Crippen molar-refractivity contribution in [1.82, 2.24) is 0 Å². The number of furan rings is 1. The minimum absolute atomic E-state index is 0.486. The highest BCUT2D eigenvalue weighted by Gasteiger charge is 2.06. The molecule has 3 aromatic rings. The quantitative estimate of drug-likeness (QED) is 0.581. The average molecular weight is 352 g/mol. The summed E-state index contributed by atoms with van der Waals surface area (Å²) in [5.74, 6) is 2.15. The Morgan fingerprint density at radius 3 is 2.60 bits per heavy atom. The highest BCUT2D eigenvalue weighted by atomic mass is 79.9. The number of halogens is 2. The molecule has 2 nitrogen and oxygen atoms in total. The normalized spacial score (nSPS) is 10.9. The predicted octanol–water partition coefficient (Wildman–Crippen LogP) is 5.48. The molecule has 0 fully saturated rings. The standard InChI is InChI=1S/C16H12BrClO2/c17-13-3-6-15-12(9-13)10-16(20-15)11-1-4-14(5-2-11)19-8-7-18/h1-6,9-10H,7-8H2. The first-order chi connectivity index (χ1) is 9.76. The molecule has 102 valence electrons. The summed E-state index contributed by atoms with van der Waals surface area (Å²) in [4.78, 5) is 0. The Morgan fingerprint density at radius 2 is 1.85 bits per heavy atom. The lowest BCUT2D eigenvalue weighted by atomic mass is 10.1. The van der Waals surface area contributed by atoms with Gasteiger partial charge in [0.15, 0.2) is 0 Å². The molecule has 4 heteroatoms. The molecule has 0 aliphatic heterocycles. The van der Waals surface area contributed by atoms with Crippen LogP contribution in [0.2, 0.25) is 0 Å². The minimum atomic E-state index is 0.486. The lowest BCUT2D eigenvalue weighted by molar-refractivity contribution is 0.343. The molecule has 0 bridgehead atoms. The van der Waals surface area contributed by atoms with Gasteiger partial charge in [-0.05, 0) is 48.5 Å². The van der Waals surface area contributed by atoms with Gasteiger partial charge in [0, 0.05) is 15.4 Å². The Morgan fingerprint density at radius 1 is 1.05 bits per heavy atom. The maximum absolute atomic E-state index is 5.85. The van der Waals surface area contributed by atoms with Gasteiger partial charge < -0.3 is 9.15 Å². The lowest BCUT2D eigenvalue weighted by Gasteiger charge is -2.04. The number of benzene rings is 2. The van der Waals surface area contributed by atoms with Gasteiger partial charge in [0.05, 0.1) is 5.88 Å². The van der Waals surface area contributed by atoms with Crippen molar-refractivity contribution in [2.75, 3.05) is 12.5 Å². The Hall–Kier alpha value is -1.45. The fourth-order valence-corrected chi connectivity index (χ4v) is 2.48. The molecule has 0 saturated heterocycles. The number of ether oxygens (including phenoxy) is 1. The molecule has 1 heterocycles. The van der Waals surface area contributed by atoms with E-state index >= 15 is 0 Å². The Kier molecular flexibility index (Phi) is 3.99. The van der Waals surface area contributed by atoms with E-state index in [1.807, 2.05) is 48.5 Å². The summed E-state index contributed by atoms with van der Waals surface area (Å²) in [6.07, 6.45) is 0. The van der Waals surface area contributed by atoms with Crippen LogP contribution < -0.4 is 4.74 Å². The maximum Gasteiger partial charge on any atom is 0.135 e. The molecule has 3 rings (SSSR count). The maximum atomic E-state index is 5.85. The number of alkyl halides is 1. The van der Waals surface area contributed by atoms with Gasteiger partial charge in [0.1, 0.15) is 23.7 Å². The highest BCUT2D eigenvalue weighted by molar-refractivity contribution is 9.10. The smallest absolute Gasteiger partial charge is 0.135 e. The van der Waals surface area contributed by atoms with E-state index in [2.05, 4.69) is 15.9 Å². The Labute approximate surface area is 130 Å². The van der Waals surface area contributed by atoms with Crippen molar-refractivity contribution in [2.45, 2.75) is 0 Å². The second-order valence-corrected chi connectivity index (χ2v) is 5.65. The zero-order chi connectivity index (χ0) is 13.9. The number of hydrogen-bond donors (Lipinski definition) is 0. The van der Waals surface area contributed by atoms with Crippen LogP contribution in [0, 0.1) is 0 Å². The molecule has 0 aliphatic rings. The van der Waals surface area contributed by atoms with Gasteiger partial charge in [-0.2, -0.15) is 0 Å². The van der Waals surface area contributed by atoms with E-state index in [9.17, 15) is 0 Å². The largest absolute Gasteiger partial charge is 0.492 e. The first-order valence-corrected chi connectivity index (χ1v) is 7.57. The van der Waals surface area contributed by atoms with E-state index in [1.165, 1.54) is 0 Å². The van der Waals surface area contributed by atoms with Gasteiger partial charge >= 0.3 is 0 Å². The molecule has 20 heavy (non-hydrogen) atoms. The number of hydrogen-bond acceptors (Lipinski definition) is 2. The minimum Gasteiger partial charge on any atom is -0.492 e. The van der Waals surface area contributed by atoms with Crippen LogP contribution in [0.5, 0.6) is 5.75 Å². The van der Waals surface area contributed by atoms with E-state index in [1.54, 1.807) is 0 Å². The van der Waals surface area contributed by atoms with E-state index in [-0.39, 0.29) is 0 Å². The van der Waals surface area contributed by atoms with Crippen molar-refractivity contribution < 1.29 is 9.15 Å². The zero-order valence-electron chi connectivity index (χ0n) is 10.6. The number of rotatable bonds is 4. The summed E-state index contributed by atoms with van der Waals surface area (Å²) in [5.41, 5.74) is 1.90. The van der Waals surface area contributed by atoms with Gasteiger partial charge in [-0.1, -0.05) is 15.9 Å². The summed E-state index contributed by atoms with van der Waals surface area (Å²) in [7, 11) is 0. The van der Waals surface area contributed by atoms with Crippen molar-refractivity contribution in [3.8, 4) is 17.1 Å². The molecular weight excluding hydrogens is 340 g/mol. The number of fused-ring (bicyclic) bond motifs is 1. The predicted molar refractivity (Wildman–Crippen MR) is 85.6 cm³/mol. The van der Waals surface area contributed by atoms with E-state index in [0.717, 1.165) is 32.5 Å². The zero-order valence-corrected chi connectivity index (χ0v) is 12.9. The third kappa shape index (κ3) is 2.84. The van der Waals surface area contributed by atoms with E-state index in [0.29, 0.717) is 12.5 Å². The van der Waals surface area contributed by atoms with Gasteiger partial charge in [-0.25, -0.2) is 0 Å². The monoisotopic (exact) mass is 350 g/mol. The van der Waals surface area contributed by atoms with Crippen LogP contribution in [0.1, 0.15) is 0 Å². The lowest BCUT2D eigenvalue weighted by Crippen LogP contribution is -1.97. The second kappa shape index (κ2) is 5.90. The van der Waals surface area contributed by atoms with Crippen LogP contribution in [0.25, 0.3) is 22.3 Å². The van der Waals surface area contributed by atoms with Crippen LogP contribution in [-0.2, 0) is 0 Å². The summed E-state index contributed by atoms with van der Waals surface area (Å²) in [6, 6.07) is 15.8. The van der Waals surface area contributed by atoms with Crippen LogP contribution in [0.3, 0.4) is 0 Å². The van der Waals surface area contributed by atoms with Crippen LogP contribution >= 0.6 is 27.5 Å². The molecule has 0 saturated carbocycles. The average Bonchev–Trinajstić information content (AvgIpc) is 2.88. The fourth-order valence-electron chi connectivity index (χ4n) is 2.03. The molecule has 0 spiro atoms. The summed E-state index contributed by atoms with van der Waals surface area (Å²) in [6.45, 7) is 0.513. The molecule has 0 N–H and O–H groups in total. The SMILES string of the molecule is ClCCOc1ccc(-c2cc3cc(Br)ccc3o2)cc1. The van der Waals surface area contributed by atoms with Crippen LogP contribution in [0.4, 0.5) is 0 Å². The molecule has 1 aromatic heterocycles. The van der Waals surface area contributed by atoms with Crippen molar-refractivity contribution in [2.24, 2.45) is 0 Å². The Bertz CT molecular complexity index is 719. The fraction of sp³-hybridized carbons (Fsp3) is 0.125. The molecule has 0 atom stereocenters. The summed E-state index contributed by atoms with van der Waals surface area (Å²) in [5, 5.41) is 1.08. The molecule has 0 aliphatic carbocycles. The van der Waals surface area contributed by atoms with Gasteiger partial charge in [-0.15, -0.1) is 11.6 Å². The van der Waals surface area contributed by atoms with Crippen molar-refractivity contribution in [3.63, 3.8) is 0 Å². The molecule has 0 unspecified atom stereocenters. The highest BCUT2D eigenvalue weighted by Crippen LogP contribution is 2.30. The third-order valence-electron chi connectivity index (χ3n) is 2.96. The summed E-state index contributed by atoms with van der Waals surface area (Å²) >= 11 is 9.06. The Balaban J connectivity index is 1.90. The molecule has 0 radical (unpaired) electrons. The van der Waals surface area contributed by atoms with Gasteiger partial charge in [0.2, 0.25) is 0 Å². The van der Waals surface area contributed by atoms with Crippen LogP contribution in [-0.4, -0.2) is 12.5 Å². The van der Waals surface area contributed by atoms with Crippen molar-refractivity contribution in [3.05, 3.63) is 53.0 Å². The van der Waals surface area contributed by atoms with E-state index in [4.69, 9.17) is 20.8 Å². The second-order valence-electron chi connectivity index (χ2n) is 4.35. The van der Waals surface area contributed by atoms with E-state index < -0.39 is 0 Å². The first kappa shape index (κ1) is 13.5. The third-order valence-corrected chi connectivity index (χ3v) is 3.61. The van der Waals surface area contributed by atoms with Gasteiger partial charge in [0.25, 0.3) is 0 Å². The molecular formula is C16H12BrClO2. The van der Waals surface area contributed by atoms with Gasteiger partial charge in [-0.3, -0.25) is 0 Å². The topological polar surface area (TPSA) is 22.4 Å². The van der Waals surface area contributed by atoms with Crippen molar-refractivity contribution >= 4 is 38.5 Å². The van der Waals surface area contributed by atoms with Crippen molar-refractivity contribution in [1.29, 1.82) is 0 Å². The summed E-state index contributed by atoms with van der Waals surface area (Å²) < 4.78 is 12.3.